The zero-order chi connectivity index (χ0) is 30.1. The predicted molar refractivity (Wildman–Crippen MR) is 146 cm³/mol. The summed E-state index contributed by atoms with van der Waals surface area (Å²) in [4.78, 5) is 16.3. The Hall–Kier alpha value is -3.42. The number of nitrogens with one attached hydrogen (secondary N) is 1. The number of hydrogen-bond donors (Lipinski definition) is 2. The van der Waals surface area contributed by atoms with Gasteiger partial charge in [0.2, 0.25) is 5.95 Å². The average molecular weight is 618 g/mol. The molecule has 2 aromatic heterocycles. The summed E-state index contributed by atoms with van der Waals surface area (Å²) in [5, 5.41) is 13.1. The van der Waals surface area contributed by atoms with Crippen molar-refractivity contribution < 1.29 is 36.2 Å². The maximum absolute atomic E-state index is 15.0. The molecular weight excluding hydrogens is 596 g/mol. The lowest BCUT2D eigenvalue weighted by Gasteiger charge is -2.39. The van der Waals surface area contributed by atoms with Crippen molar-refractivity contribution in [1.82, 2.24) is 9.55 Å². The fourth-order valence-electron chi connectivity index (χ4n) is 4.32. The molecule has 0 saturated carbocycles. The van der Waals surface area contributed by atoms with Gasteiger partial charge in [-0.25, -0.2) is 13.8 Å². The lowest BCUT2D eigenvalue weighted by Crippen LogP contribution is -2.54. The molecule has 0 aliphatic heterocycles. The van der Waals surface area contributed by atoms with Crippen LogP contribution in [0.5, 0.6) is 5.75 Å². The number of nitrogens with zero attached hydrogens (tertiary/aromatic N) is 2. The van der Waals surface area contributed by atoms with Crippen LogP contribution in [0, 0.1) is 17.6 Å². The van der Waals surface area contributed by atoms with Crippen LogP contribution in [0.2, 0.25) is 5.02 Å². The number of aromatic nitrogens is 2. The lowest BCUT2D eigenvalue weighted by atomic mass is 9.88. The minimum Gasteiger partial charge on any atom is -0.494 e. The fraction of sp³-hybridized carbons (Fsp3) is 0.259. The highest BCUT2D eigenvalue weighted by molar-refractivity contribution is 7.99. The van der Waals surface area contributed by atoms with Crippen LogP contribution >= 0.6 is 23.4 Å². The molecule has 2 unspecified atom stereocenters. The Labute approximate surface area is 238 Å². The van der Waals surface area contributed by atoms with Gasteiger partial charge in [-0.15, -0.1) is 0 Å². The maximum atomic E-state index is 15.0. The molecule has 6 nitrogen and oxygen atoms in total. The first kappa shape index (κ1) is 30.5. The molecular formula is C27H22ClF6N3O3S. The maximum Gasteiger partial charge on any atom is 0.420 e. The molecule has 0 aliphatic carbocycles. The number of pyridine rings is 2. The number of benzene rings is 2. The molecule has 0 aliphatic rings. The third-order valence-corrected chi connectivity index (χ3v) is 7.79. The van der Waals surface area contributed by atoms with Crippen molar-refractivity contribution in [1.29, 1.82) is 0 Å². The fourth-order valence-corrected chi connectivity index (χ4v) is 5.43. The molecule has 2 aromatic carbocycles. The van der Waals surface area contributed by atoms with Crippen LogP contribution in [0.15, 0.2) is 59.5 Å². The van der Waals surface area contributed by atoms with E-state index in [0.29, 0.717) is 0 Å². The Morgan fingerprint density at radius 1 is 1.12 bits per heavy atom. The monoisotopic (exact) mass is 617 g/mol. The van der Waals surface area contributed by atoms with E-state index >= 15 is 0 Å². The van der Waals surface area contributed by atoms with E-state index in [1.54, 1.807) is 6.92 Å². The van der Waals surface area contributed by atoms with Gasteiger partial charge in [0.15, 0.2) is 17.2 Å². The third-order valence-electron chi connectivity index (χ3n) is 6.35. The van der Waals surface area contributed by atoms with Gasteiger partial charge < -0.3 is 15.2 Å². The Kier molecular flexibility index (Phi) is 8.81. The van der Waals surface area contributed by atoms with Crippen molar-refractivity contribution >= 4 is 40.0 Å². The molecule has 14 heteroatoms. The number of hydrogen-bond acceptors (Lipinski definition) is 6. The highest BCUT2D eigenvalue weighted by Crippen LogP contribution is 2.47. The minimum absolute atomic E-state index is 0.0538. The molecule has 0 saturated heterocycles. The van der Waals surface area contributed by atoms with Crippen LogP contribution in [0.4, 0.5) is 32.0 Å². The van der Waals surface area contributed by atoms with Gasteiger partial charge in [-0.1, -0.05) is 24.6 Å². The van der Waals surface area contributed by atoms with Gasteiger partial charge in [0, 0.05) is 22.9 Å². The van der Waals surface area contributed by atoms with Gasteiger partial charge in [0.1, 0.15) is 5.82 Å². The zero-order valence-corrected chi connectivity index (χ0v) is 23.0. The van der Waals surface area contributed by atoms with Crippen molar-refractivity contribution in [2.45, 2.75) is 24.7 Å². The number of alkyl halides is 3. The Balaban J connectivity index is 1.99. The van der Waals surface area contributed by atoms with E-state index in [1.807, 2.05) is 0 Å². The molecule has 2 atom stereocenters. The van der Waals surface area contributed by atoms with E-state index in [4.69, 9.17) is 16.3 Å². The van der Waals surface area contributed by atoms with Gasteiger partial charge in [-0.05, 0) is 47.7 Å². The Morgan fingerprint density at radius 3 is 2.46 bits per heavy atom. The quantitative estimate of drug-likeness (QED) is 0.162. The third kappa shape index (κ3) is 5.84. The number of halogens is 7. The SMILES string of the molecule is CCSCC(O)(C(Nc1cc(F)cc2c1ccc(=O)n2-c1ccc(F)nc1)c1ccc(OC)c(F)c1Cl)C(F)(F)F. The van der Waals surface area contributed by atoms with Crippen molar-refractivity contribution in [3.63, 3.8) is 0 Å². The summed E-state index contributed by atoms with van der Waals surface area (Å²) in [6.45, 7) is 1.59. The highest BCUT2D eigenvalue weighted by Gasteiger charge is 2.59. The van der Waals surface area contributed by atoms with Gasteiger partial charge >= 0.3 is 6.18 Å². The molecule has 0 spiro atoms. The van der Waals surface area contributed by atoms with Crippen LogP contribution in [-0.4, -0.2) is 45.1 Å². The second kappa shape index (κ2) is 11.8. The van der Waals surface area contributed by atoms with Crippen LogP contribution in [0.3, 0.4) is 0 Å². The molecule has 4 rings (SSSR count). The van der Waals surface area contributed by atoms with Crippen molar-refractivity contribution in [3.8, 4) is 11.4 Å². The van der Waals surface area contributed by atoms with E-state index in [0.717, 1.165) is 66.0 Å². The summed E-state index contributed by atoms with van der Waals surface area (Å²) in [6, 6.07) is 6.30. The van der Waals surface area contributed by atoms with E-state index in [1.165, 1.54) is 12.1 Å². The molecule has 4 aromatic rings. The number of methoxy groups -OCH3 is 1. The van der Waals surface area contributed by atoms with E-state index in [9.17, 15) is 36.2 Å². The number of anilines is 1. The van der Waals surface area contributed by atoms with Gasteiger partial charge in [0.05, 0.1) is 35.6 Å². The second-order valence-corrected chi connectivity index (χ2v) is 10.5. The zero-order valence-electron chi connectivity index (χ0n) is 21.4. The first-order chi connectivity index (χ1) is 19.3. The van der Waals surface area contributed by atoms with Crippen LogP contribution < -0.4 is 15.6 Å². The summed E-state index contributed by atoms with van der Waals surface area (Å²) in [5.74, 6) is -3.97. The number of aliphatic hydroxyl groups is 1. The molecule has 0 amide bonds. The van der Waals surface area contributed by atoms with Crippen LogP contribution in [-0.2, 0) is 0 Å². The summed E-state index contributed by atoms with van der Waals surface area (Å²) < 4.78 is 93.0. The molecule has 2 heterocycles. The first-order valence-corrected chi connectivity index (χ1v) is 13.5. The standard InChI is InChI=1S/C27H22ClF6N3O3S/c1-3-41-13-26(39,27(32,33)34)25(17-5-7-20(40-2)24(31)23(17)28)36-18-10-14(29)11-19-16(18)6-9-22(38)37(19)15-4-8-21(30)35-12-15/h4-12,25,36,39H,3,13H2,1-2H3. The molecule has 0 radical (unpaired) electrons. The minimum atomic E-state index is -5.27. The summed E-state index contributed by atoms with van der Waals surface area (Å²) >= 11 is 6.95. The molecule has 218 valence electrons. The van der Waals surface area contributed by atoms with E-state index < -0.39 is 57.3 Å². The topological polar surface area (TPSA) is 76.4 Å². The number of fused-ring (bicyclic) bond motifs is 1. The van der Waals surface area contributed by atoms with Gasteiger partial charge in [0.25, 0.3) is 5.56 Å². The van der Waals surface area contributed by atoms with Crippen LogP contribution in [0.1, 0.15) is 18.5 Å². The van der Waals surface area contributed by atoms with Crippen molar-refractivity contribution in [2.24, 2.45) is 0 Å². The highest BCUT2D eigenvalue weighted by atomic mass is 35.5. The summed E-state index contributed by atoms with van der Waals surface area (Å²) in [5.41, 5.74) is -4.99. The largest absolute Gasteiger partial charge is 0.494 e. The first-order valence-electron chi connectivity index (χ1n) is 11.9. The lowest BCUT2D eigenvalue weighted by molar-refractivity contribution is -0.256. The van der Waals surface area contributed by atoms with Crippen molar-refractivity contribution in [3.05, 3.63) is 93.2 Å². The smallest absolute Gasteiger partial charge is 0.420 e. The average Bonchev–Trinajstić information content (AvgIpc) is 2.92. The number of ether oxygens (including phenoxy) is 1. The van der Waals surface area contributed by atoms with Gasteiger partial charge in [-0.2, -0.15) is 29.3 Å². The normalized spacial score (nSPS) is 14.1. The van der Waals surface area contributed by atoms with Crippen molar-refractivity contribution in [2.75, 3.05) is 23.9 Å². The number of thioether (sulfide) groups is 1. The molecule has 0 fully saturated rings. The van der Waals surface area contributed by atoms with Crippen LogP contribution in [0.25, 0.3) is 16.6 Å². The number of rotatable bonds is 9. The van der Waals surface area contributed by atoms with Gasteiger partial charge in [-0.3, -0.25) is 9.36 Å². The molecule has 0 bridgehead atoms. The summed E-state index contributed by atoms with van der Waals surface area (Å²) in [7, 11) is 1.14. The second-order valence-electron chi connectivity index (χ2n) is 8.85. The predicted octanol–water partition coefficient (Wildman–Crippen LogP) is 6.66. The Bertz CT molecular complexity index is 1630. The molecule has 41 heavy (non-hydrogen) atoms. The molecule has 2 N–H and O–H groups in total. The van der Waals surface area contributed by atoms with E-state index in [-0.39, 0.29) is 33.8 Å². The Morgan fingerprint density at radius 2 is 1.85 bits per heavy atom. The summed E-state index contributed by atoms with van der Waals surface area (Å²) in [6.07, 6.45) is -4.24. The van der Waals surface area contributed by atoms with E-state index in [2.05, 4.69) is 10.3 Å².